The zero-order chi connectivity index (χ0) is 34.2. The molecule has 0 saturated heterocycles. The van der Waals surface area contributed by atoms with E-state index >= 15 is 0 Å². The van der Waals surface area contributed by atoms with Crippen LogP contribution < -0.4 is 0 Å². The number of aromatic nitrogens is 2. The fraction of sp³-hybridized carbons (Fsp3) is 0.224. The van der Waals surface area contributed by atoms with E-state index in [2.05, 4.69) is 135 Å². The summed E-state index contributed by atoms with van der Waals surface area (Å²) >= 11 is 0. The van der Waals surface area contributed by atoms with Gasteiger partial charge >= 0.3 is 0 Å². The highest BCUT2D eigenvalue weighted by Crippen LogP contribution is 2.63. The van der Waals surface area contributed by atoms with Crippen molar-refractivity contribution in [2.24, 2.45) is 5.92 Å². The van der Waals surface area contributed by atoms with Gasteiger partial charge in [-0.3, -0.25) is 0 Å². The molecule has 0 N–H and O–H groups in total. The molecule has 4 aliphatic carbocycles. The molecule has 1 saturated carbocycles. The Hall–Kier alpha value is -5.34. The van der Waals surface area contributed by atoms with Gasteiger partial charge in [0.25, 0.3) is 0 Å². The van der Waals surface area contributed by atoms with E-state index in [9.17, 15) is 0 Å². The van der Waals surface area contributed by atoms with Crippen LogP contribution in [0.4, 0.5) is 0 Å². The average Bonchev–Trinajstić information content (AvgIpc) is 3.58. The van der Waals surface area contributed by atoms with E-state index in [1.54, 1.807) is 11.1 Å². The summed E-state index contributed by atoms with van der Waals surface area (Å²) in [6.07, 6.45) is 12.1. The van der Waals surface area contributed by atoms with Crippen molar-refractivity contribution >= 4 is 5.57 Å². The van der Waals surface area contributed by atoms with Gasteiger partial charge in [-0.1, -0.05) is 167 Å². The number of rotatable bonds is 4. The van der Waals surface area contributed by atoms with Crippen LogP contribution in [-0.4, -0.2) is 9.97 Å². The molecule has 2 unspecified atom stereocenters. The molecule has 1 heterocycles. The van der Waals surface area contributed by atoms with Crippen molar-refractivity contribution in [2.75, 3.05) is 0 Å². The molecule has 0 radical (unpaired) electrons. The lowest BCUT2D eigenvalue weighted by Gasteiger charge is -2.41. The molecule has 6 aromatic rings. The normalized spacial score (nSPS) is 20.5. The lowest BCUT2D eigenvalue weighted by atomic mass is 9.62. The molecule has 10 rings (SSSR count). The molecular formula is C49H42N2. The third-order valence-corrected chi connectivity index (χ3v) is 12.6. The summed E-state index contributed by atoms with van der Waals surface area (Å²) in [6.45, 7) is 4.87. The predicted octanol–water partition coefficient (Wildman–Crippen LogP) is 12.4. The monoisotopic (exact) mass is 658 g/mol. The van der Waals surface area contributed by atoms with Crippen LogP contribution in [0.1, 0.15) is 74.1 Å². The Morgan fingerprint density at radius 2 is 1.14 bits per heavy atom. The first-order chi connectivity index (χ1) is 25.0. The topological polar surface area (TPSA) is 25.8 Å². The standard InChI is InChI=1S/C49H42N2/c1-48(2)42-28-36(24-25-38(42)39-30-44-40(29-43(39)48)37-18-10-11-19-41(37)49(44)26-12-5-13-27-49)32-20-22-34(23-21-32)46-31-45(33-14-6-3-7-15-33)50-47(51-46)35-16-8-4-9-17-35/h3-4,6-11,14-25,28-31,40,44H,5,12-13,26-27H2,1-2H3. The van der Waals surface area contributed by atoms with E-state index < -0.39 is 0 Å². The Kier molecular flexibility index (Phi) is 6.93. The van der Waals surface area contributed by atoms with Crippen LogP contribution in [0.25, 0.3) is 50.6 Å². The summed E-state index contributed by atoms with van der Waals surface area (Å²) in [5, 5.41) is 0. The highest BCUT2D eigenvalue weighted by atomic mass is 14.9. The summed E-state index contributed by atoms with van der Waals surface area (Å²) in [4.78, 5) is 10.0. The Morgan fingerprint density at radius 3 is 1.86 bits per heavy atom. The van der Waals surface area contributed by atoms with Gasteiger partial charge in [0.05, 0.1) is 11.4 Å². The Balaban J connectivity index is 1.01. The maximum atomic E-state index is 5.06. The van der Waals surface area contributed by atoms with Gasteiger partial charge < -0.3 is 0 Å². The third kappa shape index (κ3) is 4.76. The first-order valence-corrected chi connectivity index (χ1v) is 18.8. The van der Waals surface area contributed by atoms with Crippen molar-refractivity contribution in [3.05, 3.63) is 173 Å². The van der Waals surface area contributed by atoms with Gasteiger partial charge in [0.1, 0.15) is 0 Å². The first-order valence-electron chi connectivity index (χ1n) is 18.8. The Bertz CT molecular complexity index is 2300. The summed E-state index contributed by atoms with van der Waals surface area (Å²) in [5.74, 6) is 1.77. The predicted molar refractivity (Wildman–Crippen MR) is 210 cm³/mol. The van der Waals surface area contributed by atoms with Gasteiger partial charge in [0, 0.05) is 33.4 Å². The molecule has 1 spiro atoms. The van der Waals surface area contributed by atoms with Gasteiger partial charge in [-0.25, -0.2) is 9.97 Å². The maximum absolute atomic E-state index is 5.06. The minimum Gasteiger partial charge on any atom is -0.228 e. The number of nitrogens with zero attached hydrogens (tertiary/aromatic N) is 2. The number of allylic oxidation sites excluding steroid dienone is 4. The van der Waals surface area contributed by atoms with Crippen molar-refractivity contribution in [1.82, 2.24) is 9.97 Å². The van der Waals surface area contributed by atoms with Gasteiger partial charge in [-0.15, -0.1) is 0 Å². The lowest BCUT2D eigenvalue weighted by molar-refractivity contribution is 0.233. The van der Waals surface area contributed by atoms with E-state index in [1.807, 2.05) is 24.3 Å². The first kappa shape index (κ1) is 30.5. The van der Waals surface area contributed by atoms with Crippen LogP contribution in [0.5, 0.6) is 0 Å². The minimum atomic E-state index is -0.0536. The molecule has 2 atom stereocenters. The SMILES string of the molecule is CC1(C)C2=CC3c4ccccc4C4(CCCCC4)C3C=C2c2ccc(-c3ccc(-c4cc(-c5ccccc5)nc(-c5ccccc5)n4)cc3)cc21. The van der Waals surface area contributed by atoms with Crippen LogP contribution in [0.2, 0.25) is 0 Å². The second kappa shape index (κ2) is 11.6. The smallest absolute Gasteiger partial charge is 0.160 e. The zero-order valence-electron chi connectivity index (χ0n) is 29.4. The van der Waals surface area contributed by atoms with Crippen LogP contribution in [-0.2, 0) is 10.8 Å². The molecule has 0 bridgehead atoms. The third-order valence-electron chi connectivity index (χ3n) is 12.6. The van der Waals surface area contributed by atoms with Gasteiger partial charge in [-0.2, -0.15) is 0 Å². The van der Waals surface area contributed by atoms with Crippen LogP contribution >= 0.6 is 0 Å². The minimum absolute atomic E-state index is 0.0536. The van der Waals surface area contributed by atoms with Gasteiger partial charge in [0.2, 0.25) is 0 Å². The van der Waals surface area contributed by atoms with Gasteiger partial charge in [0.15, 0.2) is 5.82 Å². The maximum Gasteiger partial charge on any atom is 0.160 e. The van der Waals surface area contributed by atoms with Crippen molar-refractivity contribution in [1.29, 1.82) is 0 Å². The quantitative estimate of drug-likeness (QED) is 0.188. The molecule has 2 heteroatoms. The molecule has 0 amide bonds. The molecule has 1 fully saturated rings. The van der Waals surface area contributed by atoms with Crippen molar-refractivity contribution in [3.63, 3.8) is 0 Å². The molecule has 0 aliphatic heterocycles. The highest BCUT2D eigenvalue weighted by Gasteiger charge is 2.53. The fourth-order valence-corrected chi connectivity index (χ4v) is 10.0. The van der Waals surface area contributed by atoms with E-state index in [0.29, 0.717) is 11.8 Å². The van der Waals surface area contributed by atoms with Crippen molar-refractivity contribution in [3.8, 4) is 45.0 Å². The fourth-order valence-electron chi connectivity index (χ4n) is 10.0. The number of benzene rings is 5. The van der Waals surface area contributed by atoms with E-state index in [4.69, 9.17) is 9.97 Å². The van der Waals surface area contributed by atoms with Crippen LogP contribution in [0.3, 0.4) is 0 Å². The molecular weight excluding hydrogens is 617 g/mol. The lowest BCUT2D eigenvalue weighted by Crippen LogP contribution is -2.35. The second-order valence-electron chi connectivity index (χ2n) is 15.7. The molecule has 4 aliphatic rings. The van der Waals surface area contributed by atoms with Crippen molar-refractivity contribution in [2.45, 2.75) is 62.7 Å². The van der Waals surface area contributed by atoms with Crippen LogP contribution in [0.15, 0.2) is 151 Å². The van der Waals surface area contributed by atoms with Gasteiger partial charge in [-0.05, 0) is 75.4 Å². The second-order valence-corrected chi connectivity index (χ2v) is 15.7. The summed E-state index contributed by atoms with van der Waals surface area (Å²) < 4.78 is 0. The van der Waals surface area contributed by atoms with E-state index in [0.717, 1.165) is 33.9 Å². The Labute approximate surface area is 301 Å². The summed E-state index contributed by atoms with van der Waals surface area (Å²) in [6, 6.07) is 48.3. The molecule has 51 heavy (non-hydrogen) atoms. The zero-order valence-corrected chi connectivity index (χ0v) is 29.4. The van der Waals surface area contributed by atoms with E-state index in [-0.39, 0.29) is 10.8 Å². The van der Waals surface area contributed by atoms with Crippen LogP contribution in [0, 0.1) is 5.92 Å². The summed E-state index contributed by atoms with van der Waals surface area (Å²) in [7, 11) is 0. The molecule has 5 aromatic carbocycles. The summed E-state index contributed by atoms with van der Waals surface area (Å²) in [5.41, 5.74) is 16.9. The highest BCUT2D eigenvalue weighted by molar-refractivity contribution is 5.92. The molecule has 1 aromatic heterocycles. The largest absolute Gasteiger partial charge is 0.228 e. The van der Waals surface area contributed by atoms with E-state index in [1.165, 1.54) is 65.5 Å². The molecule has 2 nitrogen and oxygen atoms in total. The Morgan fingerprint density at radius 1 is 0.529 bits per heavy atom. The molecule has 248 valence electrons. The average molecular weight is 659 g/mol. The van der Waals surface area contributed by atoms with Crippen molar-refractivity contribution < 1.29 is 0 Å². The number of fused-ring (bicyclic) bond motifs is 8. The number of hydrogen-bond donors (Lipinski definition) is 0. The number of hydrogen-bond acceptors (Lipinski definition) is 2.